The van der Waals surface area contributed by atoms with E-state index < -0.39 is 0 Å². The van der Waals surface area contributed by atoms with Gasteiger partial charge in [-0.05, 0) is 26.3 Å². The van der Waals surface area contributed by atoms with E-state index in [2.05, 4.69) is 31.2 Å². The lowest BCUT2D eigenvalue weighted by Crippen LogP contribution is -2.23. The largest absolute Gasteiger partial charge is 0.373 e. The van der Waals surface area contributed by atoms with Gasteiger partial charge < -0.3 is 5.32 Å². The van der Waals surface area contributed by atoms with Crippen LogP contribution in [0.15, 0.2) is 17.6 Å². The molecule has 1 N–H and O–H groups in total. The molecule has 1 atom stereocenters. The second kappa shape index (κ2) is 5.85. The molecule has 0 amide bonds. The maximum atomic E-state index is 4.63. The Balaban J connectivity index is 1.82. The molecule has 1 saturated heterocycles. The van der Waals surface area contributed by atoms with Gasteiger partial charge in [0.15, 0.2) is 0 Å². The van der Waals surface area contributed by atoms with Gasteiger partial charge >= 0.3 is 0 Å². The van der Waals surface area contributed by atoms with Crippen molar-refractivity contribution in [3.63, 3.8) is 0 Å². The fraction of sp³-hybridized carbons (Fsp3) is 0.500. The molecule has 3 heterocycles. The Morgan fingerprint density at radius 2 is 2.35 bits per heavy atom. The lowest BCUT2D eigenvalue weighted by molar-refractivity contribution is 0.244. The number of hydrogen-bond donors (Lipinski definition) is 1. The average Bonchev–Trinajstić information content (AvgIpc) is 3.10. The SMILES string of the molecule is CNc1cc(C2CCCN2Cc2nccs2)nc(C)n1. The van der Waals surface area contributed by atoms with Crippen LogP contribution in [0.2, 0.25) is 0 Å². The number of thiazole rings is 1. The van der Waals surface area contributed by atoms with E-state index in [1.165, 1.54) is 11.4 Å². The number of nitrogens with zero attached hydrogens (tertiary/aromatic N) is 4. The van der Waals surface area contributed by atoms with Gasteiger partial charge in [-0.1, -0.05) is 0 Å². The van der Waals surface area contributed by atoms with Crippen molar-refractivity contribution >= 4 is 17.2 Å². The molecule has 1 unspecified atom stereocenters. The Morgan fingerprint density at radius 3 is 3.10 bits per heavy atom. The van der Waals surface area contributed by atoms with E-state index in [1.54, 1.807) is 11.3 Å². The second-order valence-electron chi connectivity index (χ2n) is 5.03. The third-order valence-electron chi connectivity index (χ3n) is 3.64. The molecule has 1 aliphatic heterocycles. The number of aromatic nitrogens is 3. The van der Waals surface area contributed by atoms with Crippen LogP contribution in [-0.2, 0) is 6.54 Å². The molecule has 6 heteroatoms. The van der Waals surface area contributed by atoms with Crippen molar-refractivity contribution in [2.75, 3.05) is 18.9 Å². The summed E-state index contributed by atoms with van der Waals surface area (Å²) in [7, 11) is 1.90. The van der Waals surface area contributed by atoms with Crippen molar-refractivity contribution in [2.24, 2.45) is 0 Å². The maximum absolute atomic E-state index is 4.63. The highest BCUT2D eigenvalue weighted by molar-refractivity contribution is 7.09. The summed E-state index contributed by atoms with van der Waals surface area (Å²) in [5.41, 5.74) is 1.12. The highest BCUT2D eigenvalue weighted by Gasteiger charge is 2.28. The van der Waals surface area contributed by atoms with Gasteiger partial charge in [-0.15, -0.1) is 11.3 Å². The van der Waals surface area contributed by atoms with Crippen LogP contribution >= 0.6 is 11.3 Å². The number of likely N-dealkylation sites (tertiary alicyclic amines) is 1. The zero-order chi connectivity index (χ0) is 13.9. The van der Waals surface area contributed by atoms with Gasteiger partial charge in [-0.2, -0.15) is 0 Å². The minimum absolute atomic E-state index is 0.382. The Labute approximate surface area is 123 Å². The van der Waals surface area contributed by atoms with E-state index in [0.29, 0.717) is 6.04 Å². The van der Waals surface area contributed by atoms with Crippen molar-refractivity contribution in [1.82, 2.24) is 19.9 Å². The molecule has 0 radical (unpaired) electrons. The first-order chi connectivity index (χ1) is 9.76. The zero-order valence-corrected chi connectivity index (χ0v) is 12.7. The summed E-state index contributed by atoms with van der Waals surface area (Å²) in [6.45, 7) is 3.98. The Bertz CT molecular complexity index is 569. The van der Waals surface area contributed by atoms with Crippen LogP contribution in [0.4, 0.5) is 5.82 Å². The highest BCUT2D eigenvalue weighted by atomic mass is 32.1. The van der Waals surface area contributed by atoms with E-state index >= 15 is 0 Å². The lowest BCUT2D eigenvalue weighted by atomic mass is 10.1. The molecule has 0 aromatic carbocycles. The predicted molar refractivity (Wildman–Crippen MR) is 80.8 cm³/mol. The monoisotopic (exact) mass is 289 g/mol. The van der Waals surface area contributed by atoms with Gasteiger partial charge in [-0.3, -0.25) is 4.90 Å². The number of hydrogen-bond acceptors (Lipinski definition) is 6. The van der Waals surface area contributed by atoms with Crippen LogP contribution in [-0.4, -0.2) is 33.4 Å². The summed E-state index contributed by atoms with van der Waals surface area (Å²) in [6.07, 6.45) is 4.25. The molecule has 0 bridgehead atoms. The number of nitrogens with one attached hydrogen (secondary N) is 1. The molecule has 5 nitrogen and oxygen atoms in total. The summed E-state index contributed by atoms with van der Waals surface area (Å²) in [5.74, 6) is 1.72. The molecule has 1 aliphatic rings. The summed E-state index contributed by atoms with van der Waals surface area (Å²) in [4.78, 5) is 15.9. The third kappa shape index (κ3) is 2.81. The molecular formula is C14H19N5S. The first kappa shape index (κ1) is 13.5. The number of aryl methyl sites for hydroxylation is 1. The summed E-state index contributed by atoms with van der Waals surface area (Å²) >= 11 is 1.72. The lowest BCUT2D eigenvalue weighted by Gasteiger charge is -2.23. The van der Waals surface area contributed by atoms with Crippen LogP contribution < -0.4 is 5.32 Å². The molecule has 3 rings (SSSR count). The fourth-order valence-corrected chi connectivity index (χ4v) is 3.39. The minimum Gasteiger partial charge on any atom is -0.373 e. The van der Waals surface area contributed by atoms with Gasteiger partial charge in [0.1, 0.15) is 16.6 Å². The minimum atomic E-state index is 0.382. The molecule has 106 valence electrons. The van der Waals surface area contributed by atoms with Crippen molar-refractivity contribution in [3.05, 3.63) is 34.2 Å². The van der Waals surface area contributed by atoms with Gasteiger partial charge in [0.2, 0.25) is 0 Å². The van der Waals surface area contributed by atoms with Crippen LogP contribution in [0.3, 0.4) is 0 Å². The Morgan fingerprint density at radius 1 is 1.45 bits per heavy atom. The van der Waals surface area contributed by atoms with Crippen molar-refractivity contribution in [2.45, 2.75) is 32.4 Å². The Kier molecular flexibility index (Phi) is 3.93. The third-order valence-corrected chi connectivity index (χ3v) is 4.41. The van der Waals surface area contributed by atoms with Crippen molar-refractivity contribution in [1.29, 1.82) is 0 Å². The molecule has 0 saturated carbocycles. The van der Waals surface area contributed by atoms with Crippen LogP contribution in [0.5, 0.6) is 0 Å². The van der Waals surface area contributed by atoms with Gasteiger partial charge in [-0.25, -0.2) is 15.0 Å². The summed E-state index contributed by atoms with van der Waals surface area (Å²) in [6, 6.07) is 2.45. The maximum Gasteiger partial charge on any atom is 0.129 e. The molecule has 2 aromatic rings. The van der Waals surface area contributed by atoms with Gasteiger partial charge in [0.25, 0.3) is 0 Å². The fourth-order valence-electron chi connectivity index (χ4n) is 2.74. The molecule has 20 heavy (non-hydrogen) atoms. The Hall–Kier alpha value is -1.53. The predicted octanol–water partition coefficient (Wildman–Crippen LogP) is 2.62. The van der Waals surface area contributed by atoms with Crippen LogP contribution in [0, 0.1) is 6.92 Å². The van der Waals surface area contributed by atoms with Gasteiger partial charge in [0, 0.05) is 24.7 Å². The van der Waals surface area contributed by atoms with E-state index in [1.807, 2.05) is 25.5 Å². The zero-order valence-electron chi connectivity index (χ0n) is 11.8. The summed E-state index contributed by atoms with van der Waals surface area (Å²) < 4.78 is 0. The standard InChI is InChI=1S/C14H19N5S/c1-10-17-11(8-13(15-2)18-10)12-4-3-6-19(12)9-14-16-5-7-20-14/h5,7-8,12H,3-4,6,9H2,1-2H3,(H,15,17,18). The number of rotatable bonds is 4. The van der Waals surface area contributed by atoms with E-state index in [9.17, 15) is 0 Å². The smallest absolute Gasteiger partial charge is 0.129 e. The quantitative estimate of drug-likeness (QED) is 0.937. The van der Waals surface area contributed by atoms with Crippen LogP contribution in [0.1, 0.15) is 35.4 Å². The van der Waals surface area contributed by atoms with E-state index in [4.69, 9.17) is 0 Å². The average molecular weight is 289 g/mol. The number of anilines is 1. The first-order valence-corrected chi connectivity index (χ1v) is 7.80. The van der Waals surface area contributed by atoms with Crippen molar-refractivity contribution < 1.29 is 0 Å². The topological polar surface area (TPSA) is 53.9 Å². The summed E-state index contributed by atoms with van der Waals surface area (Å²) in [5, 5.41) is 6.33. The first-order valence-electron chi connectivity index (χ1n) is 6.92. The molecule has 1 fully saturated rings. The highest BCUT2D eigenvalue weighted by Crippen LogP contribution is 2.33. The van der Waals surface area contributed by atoms with Gasteiger partial charge in [0.05, 0.1) is 18.3 Å². The van der Waals surface area contributed by atoms with E-state index in [0.717, 1.165) is 36.8 Å². The molecular weight excluding hydrogens is 270 g/mol. The van der Waals surface area contributed by atoms with Crippen molar-refractivity contribution in [3.8, 4) is 0 Å². The van der Waals surface area contributed by atoms with E-state index in [-0.39, 0.29) is 0 Å². The normalized spacial score (nSPS) is 19.4. The molecule has 0 aliphatic carbocycles. The van der Waals surface area contributed by atoms with Crippen LogP contribution in [0.25, 0.3) is 0 Å². The molecule has 2 aromatic heterocycles. The second-order valence-corrected chi connectivity index (χ2v) is 6.01. The molecule has 0 spiro atoms.